The standard InChI is InChI=1S/C12H7BrF4N2O/c13-6-3-10(18-5-6)11(20)19-7-1-2-9(14)8(4-7)12(15,16)17/h1-5,18H,(H,19,20). The van der Waals surface area contributed by atoms with Crippen molar-refractivity contribution in [3.05, 3.63) is 52.0 Å². The number of carbonyl (C=O) groups is 1. The number of hydrogen-bond acceptors (Lipinski definition) is 1. The zero-order chi connectivity index (χ0) is 14.9. The summed E-state index contributed by atoms with van der Waals surface area (Å²) >= 11 is 3.12. The number of halogens is 5. The molecule has 1 heterocycles. The first-order valence-electron chi connectivity index (χ1n) is 5.29. The molecule has 0 saturated carbocycles. The zero-order valence-corrected chi connectivity index (χ0v) is 11.3. The largest absolute Gasteiger partial charge is 0.419 e. The molecule has 1 aromatic carbocycles. The number of aromatic amines is 1. The van der Waals surface area contributed by atoms with E-state index in [-0.39, 0.29) is 11.4 Å². The fourth-order valence-corrected chi connectivity index (χ4v) is 1.86. The molecule has 106 valence electrons. The van der Waals surface area contributed by atoms with Gasteiger partial charge in [0.15, 0.2) is 0 Å². The Morgan fingerprint density at radius 3 is 2.50 bits per heavy atom. The second-order valence-corrected chi connectivity index (χ2v) is 4.79. The van der Waals surface area contributed by atoms with Crippen LogP contribution >= 0.6 is 15.9 Å². The van der Waals surface area contributed by atoms with Gasteiger partial charge in [-0.3, -0.25) is 4.79 Å². The molecule has 2 N–H and O–H groups in total. The topological polar surface area (TPSA) is 44.9 Å². The van der Waals surface area contributed by atoms with E-state index in [0.29, 0.717) is 16.6 Å². The first-order valence-corrected chi connectivity index (χ1v) is 6.08. The van der Waals surface area contributed by atoms with Gasteiger partial charge in [0.2, 0.25) is 0 Å². The van der Waals surface area contributed by atoms with Crippen LogP contribution < -0.4 is 5.32 Å². The van der Waals surface area contributed by atoms with Crippen LogP contribution in [0.2, 0.25) is 0 Å². The van der Waals surface area contributed by atoms with E-state index < -0.39 is 23.5 Å². The maximum atomic E-state index is 13.1. The predicted molar refractivity (Wildman–Crippen MR) is 67.8 cm³/mol. The fourth-order valence-electron chi connectivity index (χ4n) is 1.52. The average Bonchev–Trinajstić information content (AvgIpc) is 2.77. The summed E-state index contributed by atoms with van der Waals surface area (Å²) in [5.41, 5.74) is -1.41. The highest BCUT2D eigenvalue weighted by atomic mass is 79.9. The Morgan fingerprint density at radius 2 is 1.95 bits per heavy atom. The van der Waals surface area contributed by atoms with Crippen molar-refractivity contribution in [1.82, 2.24) is 4.98 Å². The van der Waals surface area contributed by atoms with Crippen LogP contribution in [0, 0.1) is 5.82 Å². The molecule has 0 spiro atoms. The molecule has 2 rings (SSSR count). The van der Waals surface area contributed by atoms with E-state index in [1.165, 1.54) is 12.3 Å². The first-order chi connectivity index (χ1) is 9.27. The molecule has 0 aliphatic heterocycles. The lowest BCUT2D eigenvalue weighted by Crippen LogP contribution is -2.14. The van der Waals surface area contributed by atoms with Crippen molar-refractivity contribution in [3.8, 4) is 0 Å². The smallest absolute Gasteiger partial charge is 0.356 e. The number of hydrogen-bond donors (Lipinski definition) is 2. The Labute approximate surface area is 119 Å². The van der Waals surface area contributed by atoms with Crippen LogP contribution in [0.4, 0.5) is 23.2 Å². The lowest BCUT2D eigenvalue weighted by molar-refractivity contribution is -0.139. The highest BCUT2D eigenvalue weighted by Crippen LogP contribution is 2.33. The lowest BCUT2D eigenvalue weighted by atomic mass is 10.1. The van der Waals surface area contributed by atoms with Gasteiger partial charge in [-0.2, -0.15) is 13.2 Å². The molecule has 0 bridgehead atoms. The number of alkyl halides is 3. The summed E-state index contributed by atoms with van der Waals surface area (Å²) in [5.74, 6) is -2.02. The number of rotatable bonds is 2. The molecule has 20 heavy (non-hydrogen) atoms. The molecule has 0 aliphatic rings. The van der Waals surface area contributed by atoms with Crippen molar-refractivity contribution in [1.29, 1.82) is 0 Å². The number of benzene rings is 1. The van der Waals surface area contributed by atoms with E-state index in [4.69, 9.17) is 0 Å². The minimum atomic E-state index is -4.82. The molecule has 0 aliphatic carbocycles. The van der Waals surface area contributed by atoms with Crippen LogP contribution in [-0.2, 0) is 6.18 Å². The second kappa shape index (κ2) is 5.28. The number of amides is 1. The van der Waals surface area contributed by atoms with Crippen LogP contribution in [-0.4, -0.2) is 10.9 Å². The van der Waals surface area contributed by atoms with Gasteiger partial charge in [-0.1, -0.05) is 0 Å². The maximum absolute atomic E-state index is 13.1. The molecule has 0 unspecified atom stereocenters. The van der Waals surface area contributed by atoms with E-state index in [0.717, 1.165) is 6.07 Å². The first kappa shape index (κ1) is 14.6. The number of nitrogens with one attached hydrogen (secondary N) is 2. The van der Waals surface area contributed by atoms with Gasteiger partial charge in [0, 0.05) is 16.4 Å². The summed E-state index contributed by atoms with van der Waals surface area (Å²) in [7, 11) is 0. The third-order valence-corrected chi connectivity index (χ3v) is 2.88. The van der Waals surface area contributed by atoms with Crippen LogP contribution in [0.5, 0.6) is 0 Å². The predicted octanol–water partition coefficient (Wildman–Crippen LogP) is 4.19. The number of anilines is 1. The zero-order valence-electron chi connectivity index (χ0n) is 9.68. The minimum Gasteiger partial charge on any atom is -0.356 e. The summed E-state index contributed by atoms with van der Waals surface area (Å²) < 4.78 is 51.3. The summed E-state index contributed by atoms with van der Waals surface area (Å²) in [6.07, 6.45) is -3.32. The molecule has 2 aromatic rings. The van der Waals surface area contributed by atoms with Gasteiger partial charge < -0.3 is 10.3 Å². The van der Waals surface area contributed by atoms with Crippen molar-refractivity contribution in [2.24, 2.45) is 0 Å². The summed E-state index contributed by atoms with van der Waals surface area (Å²) in [4.78, 5) is 14.4. The Hall–Kier alpha value is -1.83. The van der Waals surface area contributed by atoms with Crippen molar-refractivity contribution in [2.45, 2.75) is 6.18 Å². The van der Waals surface area contributed by atoms with E-state index in [2.05, 4.69) is 26.2 Å². The van der Waals surface area contributed by atoms with Gasteiger partial charge in [0.25, 0.3) is 5.91 Å². The number of H-pyrrole nitrogens is 1. The van der Waals surface area contributed by atoms with E-state index in [9.17, 15) is 22.4 Å². The van der Waals surface area contributed by atoms with Crippen LogP contribution in [0.1, 0.15) is 16.1 Å². The minimum absolute atomic E-state index is 0.144. The molecule has 1 aromatic heterocycles. The van der Waals surface area contributed by atoms with Crippen molar-refractivity contribution < 1.29 is 22.4 Å². The molecule has 0 saturated heterocycles. The molecule has 0 atom stereocenters. The quantitative estimate of drug-likeness (QED) is 0.784. The monoisotopic (exact) mass is 350 g/mol. The van der Waals surface area contributed by atoms with Gasteiger partial charge in [-0.25, -0.2) is 4.39 Å². The average molecular weight is 351 g/mol. The Balaban J connectivity index is 2.24. The SMILES string of the molecule is O=C(Nc1ccc(F)c(C(F)(F)F)c1)c1cc(Br)c[nH]1. The van der Waals surface area contributed by atoms with Crippen molar-refractivity contribution in [3.63, 3.8) is 0 Å². The third kappa shape index (κ3) is 3.19. The fraction of sp³-hybridized carbons (Fsp3) is 0.0833. The Morgan fingerprint density at radius 1 is 1.25 bits per heavy atom. The van der Waals surface area contributed by atoms with Crippen molar-refractivity contribution in [2.75, 3.05) is 5.32 Å². The molecular weight excluding hydrogens is 344 g/mol. The van der Waals surface area contributed by atoms with E-state index in [1.54, 1.807) is 0 Å². The summed E-state index contributed by atoms with van der Waals surface area (Å²) in [6, 6.07) is 3.72. The second-order valence-electron chi connectivity index (χ2n) is 3.88. The van der Waals surface area contributed by atoms with Crippen molar-refractivity contribution >= 4 is 27.5 Å². The van der Waals surface area contributed by atoms with Gasteiger partial charge >= 0.3 is 6.18 Å². The number of aromatic nitrogens is 1. The van der Waals surface area contributed by atoms with Crippen LogP contribution in [0.3, 0.4) is 0 Å². The highest BCUT2D eigenvalue weighted by Gasteiger charge is 2.34. The molecule has 3 nitrogen and oxygen atoms in total. The third-order valence-electron chi connectivity index (χ3n) is 2.42. The molecule has 1 amide bonds. The Kier molecular flexibility index (Phi) is 3.85. The van der Waals surface area contributed by atoms with Gasteiger partial charge in [-0.15, -0.1) is 0 Å². The number of carbonyl (C=O) groups excluding carboxylic acids is 1. The normalized spacial score (nSPS) is 11.4. The summed E-state index contributed by atoms with van der Waals surface area (Å²) in [5, 5.41) is 2.25. The maximum Gasteiger partial charge on any atom is 0.419 e. The highest BCUT2D eigenvalue weighted by molar-refractivity contribution is 9.10. The summed E-state index contributed by atoms with van der Waals surface area (Å²) in [6.45, 7) is 0. The Bertz CT molecular complexity index is 651. The molecule has 0 radical (unpaired) electrons. The lowest BCUT2D eigenvalue weighted by Gasteiger charge is -2.10. The van der Waals surface area contributed by atoms with Crippen LogP contribution in [0.15, 0.2) is 34.9 Å². The van der Waals surface area contributed by atoms with E-state index >= 15 is 0 Å². The van der Waals surface area contributed by atoms with Gasteiger partial charge in [-0.05, 0) is 40.2 Å². The van der Waals surface area contributed by atoms with Crippen LogP contribution in [0.25, 0.3) is 0 Å². The van der Waals surface area contributed by atoms with Gasteiger partial charge in [0.05, 0.1) is 5.56 Å². The molecule has 0 fully saturated rings. The van der Waals surface area contributed by atoms with E-state index in [1.807, 2.05) is 0 Å². The van der Waals surface area contributed by atoms with Gasteiger partial charge in [0.1, 0.15) is 11.5 Å². The molecule has 8 heteroatoms. The molecular formula is C12H7BrF4N2O.